The first-order valence-electron chi connectivity index (χ1n) is 6.17. The normalized spacial score (nSPS) is 17.1. The standard InChI is InChI=1S/C13H15ClN2O3/c14-11-9(4-3-7-15-11)8-10(17)16-13(12(18)19)5-1-2-6-13/h3-4,7H,1-2,5-6,8H2,(H,16,17)(H,18,19). The molecule has 6 heteroatoms. The number of aromatic nitrogens is 1. The molecule has 1 aliphatic carbocycles. The maximum atomic E-state index is 12.0. The van der Waals surface area contributed by atoms with Crippen molar-refractivity contribution in [1.29, 1.82) is 0 Å². The molecule has 19 heavy (non-hydrogen) atoms. The van der Waals surface area contributed by atoms with Gasteiger partial charge in [0, 0.05) is 6.20 Å². The van der Waals surface area contributed by atoms with E-state index in [1.165, 1.54) is 0 Å². The Bertz CT molecular complexity index is 498. The Labute approximate surface area is 116 Å². The molecule has 0 bridgehead atoms. The summed E-state index contributed by atoms with van der Waals surface area (Å²) in [5, 5.41) is 12.2. The molecular weight excluding hydrogens is 268 g/mol. The number of rotatable bonds is 4. The van der Waals surface area contributed by atoms with Crippen LogP contribution in [0.3, 0.4) is 0 Å². The monoisotopic (exact) mass is 282 g/mol. The molecule has 1 heterocycles. The predicted octanol–water partition coefficient (Wildman–Crippen LogP) is 1.79. The van der Waals surface area contributed by atoms with Gasteiger partial charge < -0.3 is 10.4 Å². The molecule has 0 atom stereocenters. The number of carboxylic acid groups (broad SMARTS) is 1. The summed E-state index contributed by atoms with van der Waals surface area (Å²) < 4.78 is 0. The van der Waals surface area contributed by atoms with Gasteiger partial charge in [-0.15, -0.1) is 0 Å². The van der Waals surface area contributed by atoms with Crippen molar-refractivity contribution in [2.45, 2.75) is 37.6 Å². The number of nitrogens with zero attached hydrogens (tertiary/aromatic N) is 1. The van der Waals surface area contributed by atoms with Crippen molar-refractivity contribution in [2.24, 2.45) is 0 Å². The number of halogens is 1. The summed E-state index contributed by atoms with van der Waals surface area (Å²) in [5.74, 6) is -1.30. The van der Waals surface area contributed by atoms with Gasteiger partial charge in [-0.3, -0.25) is 4.79 Å². The van der Waals surface area contributed by atoms with Gasteiger partial charge in [-0.25, -0.2) is 9.78 Å². The molecule has 2 rings (SSSR count). The number of carbonyl (C=O) groups is 2. The number of hydrogen-bond donors (Lipinski definition) is 2. The van der Waals surface area contributed by atoms with E-state index in [9.17, 15) is 14.7 Å². The van der Waals surface area contributed by atoms with Crippen molar-refractivity contribution in [2.75, 3.05) is 0 Å². The zero-order chi connectivity index (χ0) is 13.9. The third-order valence-corrected chi connectivity index (χ3v) is 3.77. The van der Waals surface area contributed by atoms with Crippen LogP contribution in [0.4, 0.5) is 0 Å². The molecule has 0 aliphatic heterocycles. The molecule has 1 aliphatic rings. The summed E-state index contributed by atoms with van der Waals surface area (Å²) in [5.41, 5.74) is -0.508. The third-order valence-electron chi connectivity index (χ3n) is 3.43. The van der Waals surface area contributed by atoms with Crippen molar-refractivity contribution in [1.82, 2.24) is 10.3 Å². The molecule has 1 saturated carbocycles. The molecule has 5 nitrogen and oxygen atoms in total. The van der Waals surface area contributed by atoms with Crippen LogP contribution in [0.2, 0.25) is 5.15 Å². The van der Waals surface area contributed by atoms with E-state index in [0.717, 1.165) is 12.8 Å². The Balaban J connectivity index is 2.05. The van der Waals surface area contributed by atoms with Gasteiger partial charge in [0.2, 0.25) is 5.91 Å². The summed E-state index contributed by atoms with van der Waals surface area (Å²) in [6.07, 6.45) is 4.19. The Hall–Kier alpha value is -1.62. The van der Waals surface area contributed by atoms with Crippen LogP contribution in [0.1, 0.15) is 31.2 Å². The molecule has 102 valence electrons. The second kappa shape index (κ2) is 5.57. The quantitative estimate of drug-likeness (QED) is 0.825. The van der Waals surface area contributed by atoms with Crippen molar-refractivity contribution in [3.63, 3.8) is 0 Å². The van der Waals surface area contributed by atoms with Crippen LogP contribution in [0, 0.1) is 0 Å². The van der Waals surface area contributed by atoms with E-state index in [4.69, 9.17) is 11.6 Å². The van der Waals surface area contributed by atoms with E-state index in [1.54, 1.807) is 18.3 Å². The summed E-state index contributed by atoms with van der Waals surface area (Å²) >= 11 is 5.87. The number of nitrogens with one attached hydrogen (secondary N) is 1. The topological polar surface area (TPSA) is 79.3 Å². The fourth-order valence-corrected chi connectivity index (χ4v) is 2.59. The number of carbonyl (C=O) groups excluding carboxylic acids is 1. The summed E-state index contributed by atoms with van der Waals surface area (Å²) in [6.45, 7) is 0. The lowest BCUT2D eigenvalue weighted by Gasteiger charge is -2.25. The highest BCUT2D eigenvalue weighted by molar-refractivity contribution is 6.30. The minimum Gasteiger partial charge on any atom is -0.480 e. The molecule has 0 aromatic carbocycles. The SMILES string of the molecule is O=C(Cc1cccnc1Cl)NC1(C(=O)O)CCCC1. The van der Waals surface area contributed by atoms with E-state index >= 15 is 0 Å². The lowest BCUT2D eigenvalue weighted by molar-refractivity contribution is -0.147. The lowest BCUT2D eigenvalue weighted by atomic mass is 9.97. The Morgan fingerprint density at radius 1 is 1.42 bits per heavy atom. The molecule has 2 N–H and O–H groups in total. The number of hydrogen-bond acceptors (Lipinski definition) is 3. The Morgan fingerprint density at radius 2 is 2.11 bits per heavy atom. The molecule has 0 radical (unpaired) electrons. The minimum atomic E-state index is -1.11. The van der Waals surface area contributed by atoms with Crippen LogP contribution in [-0.2, 0) is 16.0 Å². The van der Waals surface area contributed by atoms with E-state index in [1.807, 2.05) is 0 Å². The van der Waals surface area contributed by atoms with E-state index in [0.29, 0.717) is 18.4 Å². The maximum Gasteiger partial charge on any atom is 0.329 e. The number of pyridine rings is 1. The average Bonchev–Trinajstić information content (AvgIpc) is 2.82. The number of amides is 1. The highest BCUT2D eigenvalue weighted by atomic mass is 35.5. The van der Waals surface area contributed by atoms with Crippen LogP contribution in [-0.4, -0.2) is 27.5 Å². The van der Waals surface area contributed by atoms with Gasteiger partial charge in [-0.1, -0.05) is 30.5 Å². The van der Waals surface area contributed by atoms with Crippen molar-refractivity contribution in [3.05, 3.63) is 29.0 Å². The largest absolute Gasteiger partial charge is 0.480 e. The first kappa shape index (κ1) is 13.8. The predicted molar refractivity (Wildman–Crippen MR) is 69.9 cm³/mol. The van der Waals surface area contributed by atoms with Gasteiger partial charge in [0.1, 0.15) is 10.7 Å². The first-order chi connectivity index (χ1) is 9.03. The Morgan fingerprint density at radius 3 is 2.68 bits per heavy atom. The molecule has 1 aromatic rings. The van der Waals surface area contributed by atoms with Gasteiger partial charge >= 0.3 is 5.97 Å². The molecule has 0 unspecified atom stereocenters. The fourth-order valence-electron chi connectivity index (χ4n) is 2.41. The van der Waals surface area contributed by atoms with Crippen molar-refractivity contribution in [3.8, 4) is 0 Å². The Kier molecular flexibility index (Phi) is 4.04. The number of carboxylic acids is 1. The number of aliphatic carboxylic acids is 1. The summed E-state index contributed by atoms with van der Waals surface area (Å²) in [6, 6.07) is 3.40. The molecule has 1 amide bonds. The second-order valence-corrected chi connectivity index (χ2v) is 5.13. The van der Waals surface area contributed by atoms with Crippen molar-refractivity contribution >= 4 is 23.5 Å². The zero-order valence-corrected chi connectivity index (χ0v) is 11.1. The van der Waals surface area contributed by atoms with Crippen LogP contribution in [0.15, 0.2) is 18.3 Å². The summed E-state index contributed by atoms with van der Waals surface area (Å²) in [7, 11) is 0. The first-order valence-corrected chi connectivity index (χ1v) is 6.55. The van der Waals surface area contributed by atoms with Gasteiger partial charge in [0.05, 0.1) is 6.42 Å². The van der Waals surface area contributed by atoms with E-state index in [-0.39, 0.29) is 17.5 Å². The molecule has 1 aromatic heterocycles. The molecular formula is C13H15ClN2O3. The second-order valence-electron chi connectivity index (χ2n) is 4.77. The van der Waals surface area contributed by atoms with Crippen molar-refractivity contribution < 1.29 is 14.7 Å². The van der Waals surface area contributed by atoms with E-state index < -0.39 is 11.5 Å². The van der Waals surface area contributed by atoms with Gasteiger partial charge in [-0.05, 0) is 24.5 Å². The molecule has 1 fully saturated rings. The van der Waals surface area contributed by atoms with Gasteiger partial charge in [0.15, 0.2) is 0 Å². The highest BCUT2D eigenvalue weighted by Crippen LogP contribution is 2.30. The minimum absolute atomic E-state index is 0.0434. The van der Waals surface area contributed by atoms with Gasteiger partial charge in [0.25, 0.3) is 0 Å². The lowest BCUT2D eigenvalue weighted by Crippen LogP contribution is -2.52. The van der Waals surface area contributed by atoms with Crippen LogP contribution in [0.25, 0.3) is 0 Å². The fraction of sp³-hybridized carbons (Fsp3) is 0.462. The van der Waals surface area contributed by atoms with Gasteiger partial charge in [-0.2, -0.15) is 0 Å². The smallest absolute Gasteiger partial charge is 0.329 e. The maximum absolute atomic E-state index is 12.0. The van der Waals surface area contributed by atoms with E-state index in [2.05, 4.69) is 10.3 Å². The average molecular weight is 283 g/mol. The van der Waals surface area contributed by atoms with Crippen LogP contribution < -0.4 is 5.32 Å². The molecule has 0 saturated heterocycles. The zero-order valence-electron chi connectivity index (χ0n) is 10.4. The summed E-state index contributed by atoms with van der Waals surface area (Å²) in [4.78, 5) is 27.2. The third kappa shape index (κ3) is 3.04. The highest BCUT2D eigenvalue weighted by Gasteiger charge is 2.42. The van der Waals surface area contributed by atoms with Crippen LogP contribution >= 0.6 is 11.6 Å². The van der Waals surface area contributed by atoms with Crippen LogP contribution in [0.5, 0.6) is 0 Å². The molecule has 0 spiro atoms.